The molecular formula is C16H25N3O2S. The lowest BCUT2D eigenvalue weighted by Gasteiger charge is -2.35. The highest BCUT2D eigenvalue weighted by molar-refractivity contribution is 7.89. The SMILES string of the molecule is CC1CC(C)CN(c2ccc(S(=O)(=O)N3CCCC3)cn2)C1. The lowest BCUT2D eigenvalue weighted by molar-refractivity contribution is 0.355. The van der Waals surface area contributed by atoms with Gasteiger partial charge in [-0.3, -0.25) is 0 Å². The van der Waals surface area contributed by atoms with Crippen molar-refractivity contribution >= 4 is 15.8 Å². The first-order valence-corrected chi connectivity index (χ1v) is 9.62. The minimum Gasteiger partial charge on any atom is -0.356 e. The molecule has 0 saturated carbocycles. The highest BCUT2D eigenvalue weighted by Crippen LogP contribution is 2.26. The van der Waals surface area contributed by atoms with Crippen molar-refractivity contribution in [1.82, 2.24) is 9.29 Å². The van der Waals surface area contributed by atoms with Crippen LogP contribution in [0.3, 0.4) is 0 Å². The molecule has 2 fully saturated rings. The van der Waals surface area contributed by atoms with Crippen LogP contribution >= 0.6 is 0 Å². The number of sulfonamides is 1. The van der Waals surface area contributed by atoms with Gasteiger partial charge in [-0.05, 0) is 43.2 Å². The van der Waals surface area contributed by atoms with Gasteiger partial charge in [-0.15, -0.1) is 0 Å². The minimum absolute atomic E-state index is 0.316. The Morgan fingerprint density at radius 2 is 1.73 bits per heavy atom. The summed E-state index contributed by atoms with van der Waals surface area (Å²) >= 11 is 0. The lowest BCUT2D eigenvalue weighted by Crippen LogP contribution is -2.39. The summed E-state index contributed by atoms with van der Waals surface area (Å²) in [6.45, 7) is 7.77. The molecule has 0 aliphatic carbocycles. The van der Waals surface area contributed by atoms with Crippen LogP contribution < -0.4 is 4.90 Å². The van der Waals surface area contributed by atoms with Gasteiger partial charge < -0.3 is 4.90 Å². The summed E-state index contributed by atoms with van der Waals surface area (Å²) in [5, 5.41) is 0. The van der Waals surface area contributed by atoms with Crippen molar-refractivity contribution in [3.63, 3.8) is 0 Å². The van der Waals surface area contributed by atoms with Crippen molar-refractivity contribution < 1.29 is 8.42 Å². The molecule has 1 aromatic rings. The van der Waals surface area contributed by atoms with E-state index in [1.165, 1.54) is 12.6 Å². The molecule has 2 atom stereocenters. The van der Waals surface area contributed by atoms with Gasteiger partial charge in [0.15, 0.2) is 0 Å². The third-order valence-corrected chi connectivity index (χ3v) is 6.50. The lowest BCUT2D eigenvalue weighted by atomic mass is 9.92. The second kappa shape index (κ2) is 6.16. The Bertz CT molecular complexity index is 599. The number of rotatable bonds is 3. The molecule has 3 rings (SSSR count). The maximum absolute atomic E-state index is 12.5. The monoisotopic (exact) mass is 323 g/mol. The first-order valence-electron chi connectivity index (χ1n) is 8.18. The van der Waals surface area contributed by atoms with Crippen molar-refractivity contribution in [3.8, 4) is 0 Å². The van der Waals surface area contributed by atoms with Gasteiger partial charge in [-0.1, -0.05) is 13.8 Å². The third kappa shape index (κ3) is 3.13. The van der Waals surface area contributed by atoms with Crippen LogP contribution in [-0.4, -0.2) is 43.9 Å². The van der Waals surface area contributed by atoms with Crippen molar-refractivity contribution in [2.24, 2.45) is 11.8 Å². The van der Waals surface area contributed by atoms with Crippen LogP contribution in [0.4, 0.5) is 5.82 Å². The number of hydrogen-bond acceptors (Lipinski definition) is 4. The second-order valence-corrected chi connectivity index (χ2v) is 8.75. The fourth-order valence-corrected chi connectivity index (χ4v) is 5.10. The normalized spacial score (nSPS) is 27.3. The van der Waals surface area contributed by atoms with Gasteiger partial charge in [-0.2, -0.15) is 4.31 Å². The van der Waals surface area contributed by atoms with E-state index < -0.39 is 10.0 Å². The summed E-state index contributed by atoms with van der Waals surface area (Å²) in [4.78, 5) is 7.01. The zero-order valence-electron chi connectivity index (χ0n) is 13.4. The zero-order chi connectivity index (χ0) is 15.7. The summed E-state index contributed by atoms with van der Waals surface area (Å²) in [7, 11) is -3.36. The van der Waals surface area contributed by atoms with Gasteiger partial charge in [0, 0.05) is 32.4 Å². The van der Waals surface area contributed by atoms with Crippen LogP contribution in [0, 0.1) is 11.8 Å². The standard InChI is InChI=1S/C16H25N3O2S/c1-13-9-14(2)12-18(11-13)16-6-5-15(10-17-16)22(20,21)19-7-3-4-8-19/h5-6,10,13-14H,3-4,7-9,11-12H2,1-2H3. The largest absolute Gasteiger partial charge is 0.356 e. The van der Waals surface area contributed by atoms with Gasteiger partial charge in [0.05, 0.1) is 0 Å². The topological polar surface area (TPSA) is 53.5 Å². The minimum atomic E-state index is -3.36. The fraction of sp³-hybridized carbons (Fsp3) is 0.688. The first-order chi connectivity index (χ1) is 10.5. The maximum atomic E-state index is 12.5. The van der Waals surface area contributed by atoms with Crippen LogP contribution in [0.5, 0.6) is 0 Å². The Labute approximate surface area is 133 Å². The van der Waals surface area contributed by atoms with E-state index >= 15 is 0 Å². The van der Waals surface area contributed by atoms with E-state index in [9.17, 15) is 8.42 Å². The van der Waals surface area contributed by atoms with E-state index in [4.69, 9.17) is 0 Å². The predicted octanol–water partition coefficient (Wildman–Crippen LogP) is 2.35. The molecule has 1 aromatic heterocycles. The Hall–Kier alpha value is -1.14. The number of aromatic nitrogens is 1. The molecule has 2 aliphatic heterocycles. The fourth-order valence-electron chi connectivity index (χ4n) is 3.64. The summed E-state index contributed by atoms with van der Waals surface area (Å²) in [6.07, 6.45) is 4.67. The van der Waals surface area contributed by atoms with Gasteiger partial charge in [0.2, 0.25) is 10.0 Å². The quantitative estimate of drug-likeness (QED) is 0.857. The molecular weight excluding hydrogens is 298 g/mol. The number of pyridine rings is 1. The molecule has 6 heteroatoms. The van der Waals surface area contributed by atoms with E-state index in [0.29, 0.717) is 29.8 Å². The molecule has 0 aromatic carbocycles. The van der Waals surface area contributed by atoms with E-state index in [-0.39, 0.29) is 0 Å². The van der Waals surface area contributed by atoms with E-state index in [1.54, 1.807) is 10.4 Å². The number of piperidine rings is 1. The summed E-state index contributed by atoms with van der Waals surface area (Å²) in [5.74, 6) is 2.19. The molecule has 122 valence electrons. The summed E-state index contributed by atoms with van der Waals surface area (Å²) in [5.41, 5.74) is 0. The first kappa shape index (κ1) is 15.7. The van der Waals surface area contributed by atoms with E-state index in [1.807, 2.05) is 6.07 Å². The highest BCUT2D eigenvalue weighted by Gasteiger charge is 2.28. The third-order valence-electron chi connectivity index (χ3n) is 4.62. The van der Waals surface area contributed by atoms with E-state index in [0.717, 1.165) is 31.7 Å². The van der Waals surface area contributed by atoms with Crippen molar-refractivity contribution in [2.75, 3.05) is 31.1 Å². The van der Waals surface area contributed by atoms with Crippen LogP contribution in [-0.2, 0) is 10.0 Å². The Morgan fingerprint density at radius 1 is 1.09 bits per heavy atom. The molecule has 0 N–H and O–H groups in total. The zero-order valence-corrected chi connectivity index (χ0v) is 14.2. The average molecular weight is 323 g/mol. The summed E-state index contributed by atoms with van der Waals surface area (Å²) < 4.78 is 26.6. The van der Waals surface area contributed by atoms with Crippen LogP contribution in [0.2, 0.25) is 0 Å². The van der Waals surface area contributed by atoms with Crippen molar-refractivity contribution in [3.05, 3.63) is 18.3 Å². The molecule has 2 aliphatic rings. The van der Waals surface area contributed by atoms with E-state index in [2.05, 4.69) is 23.7 Å². The number of hydrogen-bond donors (Lipinski definition) is 0. The van der Waals surface area contributed by atoms with Gasteiger partial charge >= 0.3 is 0 Å². The molecule has 0 bridgehead atoms. The molecule has 3 heterocycles. The van der Waals surface area contributed by atoms with Crippen molar-refractivity contribution in [1.29, 1.82) is 0 Å². The molecule has 0 radical (unpaired) electrons. The Kier molecular flexibility index (Phi) is 4.41. The molecule has 22 heavy (non-hydrogen) atoms. The Balaban J connectivity index is 1.78. The average Bonchev–Trinajstić information content (AvgIpc) is 3.01. The smallest absolute Gasteiger partial charge is 0.244 e. The molecule has 0 amide bonds. The van der Waals surface area contributed by atoms with Crippen molar-refractivity contribution in [2.45, 2.75) is 38.0 Å². The number of anilines is 1. The molecule has 2 unspecified atom stereocenters. The van der Waals surface area contributed by atoms with Gasteiger partial charge in [0.1, 0.15) is 10.7 Å². The predicted molar refractivity (Wildman–Crippen MR) is 87.4 cm³/mol. The maximum Gasteiger partial charge on any atom is 0.244 e. The second-order valence-electron chi connectivity index (χ2n) is 6.81. The van der Waals surface area contributed by atoms with Crippen LogP contribution in [0.15, 0.2) is 23.2 Å². The Morgan fingerprint density at radius 3 is 2.27 bits per heavy atom. The molecule has 2 saturated heterocycles. The van der Waals surface area contributed by atoms with Crippen LogP contribution in [0.1, 0.15) is 33.1 Å². The molecule has 0 spiro atoms. The van der Waals surface area contributed by atoms with Crippen LogP contribution in [0.25, 0.3) is 0 Å². The highest BCUT2D eigenvalue weighted by atomic mass is 32.2. The van der Waals surface area contributed by atoms with Gasteiger partial charge in [0.25, 0.3) is 0 Å². The number of nitrogens with zero attached hydrogens (tertiary/aromatic N) is 3. The van der Waals surface area contributed by atoms with Gasteiger partial charge in [-0.25, -0.2) is 13.4 Å². The molecule has 5 nitrogen and oxygen atoms in total. The summed E-state index contributed by atoms with van der Waals surface area (Å²) in [6, 6.07) is 3.56.